The Morgan fingerprint density at radius 2 is 1.73 bits per heavy atom. The summed E-state index contributed by atoms with van der Waals surface area (Å²) in [6, 6.07) is 12.7. The number of rotatable bonds is 19. The van der Waals surface area contributed by atoms with E-state index in [4.69, 9.17) is 37.3 Å². The van der Waals surface area contributed by atoms with E-state index >= 15 is 0 Å². The molecule has 51 heavy (non-hydrogen) atoms. The predicted molar refractivity (Wildman–Crippen MR) is 196 cm³/mol. The molecular formula is C37H52O12SSi. The molecule has 0 saturated carbocycles. The number of hydrogen-bond donors (Lipinski definition) is 0. The first-order valence-corrected chi connectivity index (χ1v) is 22.3. The molecule has 1 saturated heterocycles. The summed E-state index contributed by atoms with van der Waals surface area (Å²) in [5, 5.41) is 0. The molecule has 0 radical (unpaired) electrons. The summed E-state index contributed by atoms with van der Waals surface area (Å²) in [6.07, 6.45) is 5.55. The van der Waals surface area contributed by atoms with Crippen molar-refractivity contribution in [3.63, 3.8) is 0 Å². The molecule has 2 aromatic rings. The van der Waals surface area contributed by atoms with Gasteiger partial charge in [0.15, 0.2) is 12.6 Å². The molecule has 4 atom stereocenters. The topological polar surface area (TPSA) is 142 Å². The van der Waals surface area contributed by atoms with Crippen LogP contribution >= 0.6 is 0 Å². The van der Waals surface area contributed by atoms with E-state index in [9.17, 15) is 18.0 Å². The number of methoxy groups -OCH3 is 2. The van der Waals surface area contributed by atoms with E-state index in [0.717, 1.165) is 12.3 Å². The van der Waals surface area contributed by atoms with Crippen LogP contribution in [0, 0.1) is 0 Å². The van der Waals surface area contributed by atoms with Crippen molar-refractivity contribution in [2.24, 2.45) is 0 Å². The average Bonchev–Trinajstić information content (AvgIpc) is 3.35. The molecule has 282 valence electrons. The van der Waals surface area contributed by atoms with Gasteiger partial charge in [0.1, 0.15) is 29.3 Å². The molecule has 1 heterocycles. The van der Waals surface area contributed by atoms with Gasteiger partial charge in [0.2, 0.25) is 0 Å². The van der Waals surface area contributed by atoms with Crippen LogP contribution in [-0.4, -0.2) is 92.5 Å². The molecule has 2 aromatic carbocycles. The van der Waals surface area contributed by atoms with Crippen LogP contribution in [0.5, 0.6) is 11.5 Å². The quantitative estimate of drug-likeness (QED) is 0.0500. The van der Waals surface area contributed by atoms with Crippen molar-refractivity contribution in [1.82, 2.24) is 0 Å². The molecule has 3 unspecified atom stereocenters. The SMILES string of the molecule is COCOc1cc(OC)cc(C=CC[C@@H]2OC(C)(C)OC2C(C=CCC(C)OS(C)(=O)=O)OC(=O)c2ccccc2)c1C(=O)OCC[Si](C)(C)C. The van der Waals surface area contributed by atoms with E-state index in [1.54, 1.807) is 81.5 Å². The maximum Gasteiger partial charge on any atom is 0.342 e. The van der Waals surface area contributed by atoms with Crippen LogP contribution in [0.15, 0.2) is 60.7 Å². The van der Waals surface area contributed by atoms with Crippen molar-refractivity contribution in [2.75, 3.05) is 33.9 Å². The van der Waals surface area contributed by atoms with Gasteiger partial charge in [-0.3, -0.25) is 4.18 Å². The minimum absolute atomic E-state index is 0.0920. The second-order valence-corrected chi connectivity index (χ2v) is 21.1. The monoisotopic (exact) mass is 748 g/mol. The third kappa shape index (κ3) is 14.2. The number of benzene rings is 2. The number of esters is 2. The highest BCUT2D eigenvalue weighted by atomic mass is 32.2. The third-order valence-corrected chi connectivity index (χ3v) is 9.94. The number of ether oxygens (including phenoxy) is 7. The summed E-state index contributed by atoms with van der Waals surface area (Å²) in [7, 11) is -2.11. The van der Waals surface area contributed by atoms with Gasteiger partial charge in [-0.05, 0) is 69.5 Å². The van der Waals surface area contributed by atoms with Gasteiger partial charge in [0.05, 0.1) is 37.7 Å². The summed E-state index contributed by atoms with van der Waals surface area (Å²) in [4.78, 5) is 26.7. The van der Waals surface area contributed by atoms with E-state index in [0.29, 0.717) is 23.3 Å². The minimum Gasteiger partial charge on any atom is -0.497 e. The lowest BCUT2D eigenvalue weighted by Gasteiger charge is -2.24. The lowest BCUT2D eigenvalue weighted by molar-refractivity contribution is -0.152. The summed E-state index contributed by atoms with van der Waals surface area (Å²) in [5.41, 5.74) is 1.08. The Balaban J connectivity index is 1.93. The van der Waals surface area contributed by atoms with Crippen LogP contribution < -0.4 is 9.47 Å². The van der Waals surface area contributed by atoms with Gasteiger partial charge in [0.25, 0.3) is 10.1 Å². The van der Waals surface area contributed by atoms with Crippen LogP contribution in [0.2, 0.25) is 25.7 Å². The number of carbonyl (C=O) groups is 2. The highest BCUT2D eigenvalue weighted by Gasteiger charge is 2.45. The van der Waals surface area contributed by atoms with Gasteiger partial charge < -0.3 is 33.2 Å². The van der Waals surface area contributed by atoms with Crippen LogP contribution in [0.4, 0.5) is 0 Å². The summed E-state index contributed by atoms with van der Waals surface area (Å²) in [5.74, 6) is -1.41. The first-order valence-electron chi connectivity index (χ1n) is 16.8. The molecule has 3 rings (SSSR count). The van der Waals surface area contributed by atoms with Gasteiger partial charge in [-0.1, -0.05) is 56.1 Å². The van der Waals surface area contributed by atoms with Gasteiger partial charge in [0, 0.05) is 21.3 Å². The van der Waals surface area contributed by atoms with Gasteiger partial charge in [-0.2, -0.15) is 8.42 Å². The van der Waals surface area contributed by atoms with Crippen molar-refractivity contribution in [3.05, 3.63) is 77.4 Å². The fourth-order valence-corrected chi connectivity index (χ4v) is 6.60. The number of hydrogen-bond acceptors (Lipinski definition) is 12. The standard InChI is InChI=1S/C37H52O12SSi/c1-26(49-50(6,40)41)15-13-19-30(46-35(38)27-16-11-10-12-17-27)34-31(47-37(2,3)48-34)20-14-18-28-23-29(43-5)24-32(45-25-42-4)33(28)36(39)44-21-22-51(7,8)9/h10-14,16-19,23-24,26,30-31,34H,15,20-22,25H2,1-9H3/t26?,30?,31-,34?/m0/s1. The molecule has 1 aliphatic rings. The highest BCUT2D eigenvalue weighted by Crippen LogP contribution is 2.35. The molecule has 0 bridgehead atoms. The molecule has 0 amide bonds. The fraction of sp³-hybridized carbons (Fsp3) is 0.514. The Kier molecular flexibility index (Phi) is 15.4. The normalized spacial score (nSPS) is 18.8. The lowest BCUT2D eigenvalue weighted by atomic mass is 10.0. The summed E-state index contributed by atoms with van der Waals surface area (Å²) in [6.45, 7) is 12.0. The molecule has 14 heteroatoms. The molecule has 0 spiro atoms. The second-order valence-electron chi connectivity index (χ2n) is 13.9. The Hall–Kier alpha value is -3.53. The number of carbonyl (C=O) groups excluding carboxylic acids is 2. The van der Waals surface area contributed by atoms with Gasteiger partial charge >= 0.3 is 11.9 Å². The van der Waals surface area contributed by atoms with Gasteiger partial charge in [-0.25, -0.2) is 9.59 Å². The Morgan fingerprint density at radius 3 is 2.35 bits per heavy atom. The fourth-order valence-electron chi connectivity index (χ4n) is 5.21. The van der Waals surface area contributed by atoms with Crippen LogP contribution in [0.3, 0.4) is 0 Å². The first-order chi connectivity index (χ1) is 23.9. The van der Waals surface area contributed by atoms with E-state index < -0.39 is 60.3 Å². The zero-order valence-electron chi connectivity index (χ0n) is 31.0. The van der Waals surface area contributed by atoms with Crippen LogP contribution in [0.25, 0.3) is 6.08 Å². The second kappa shape index (κ2) is 18.8. The van der Waals surface area contributed by atoms with Gasteiger partial charge in [-0.15, -0.1) is 0 Å². The van der Waals surface area contributed by atoms with E-state index in [-0.39, 0.29) is 31.1 Å². The molecule has 0 aromatic heterocycles. The van der Waals surface area contributed by atoms with Crippen molar-refractivity contribution < 1.29 is 55.3 Å². The summed E-state index contributed by atoms with van der Waals surface area (Å²) >= 11 is 0. The maximum atomic E-state index is 13.5. The molecule has 0 aliphatic carbocycles. The van der Waals surface area contributed by atoms with Crippen LogP contribution in [-0.2, 0) is 38.0 Å². The van der Waals surface area contributed by atoms with Crippen molar-refractivity contribution in [1.29, 1.82) is 0 Å². The Bertz CT molecular complexity index is 1620. The Morgan fingerprint density at radius 1 is 1.02 bits per heavy atom. The molecule has 0 N–H and O–H groups in total. The zero-order valence-corrected chi connectivity index (χ0v) is 32.8. The molecule has 12 nitrogen and oxygen atoms in total. The lowest BCUT2D eigenvalue weighted by Crippen LogP contribution is -2.37. The van der Waals surface area contributed by atoms with Crippen molar-refractivity contribution in [2.45, 2.75) is 89.5 Å². The molecule has 1 fully saturated rings. The average molecular weight is 749 g/mol. The molecular weight excluding hydrogens is 697 g/mol. The van der Waals surface area contributed by atoms with Crippen molar-refractivity contribution >= 4 is 36.2 Å². The third-order valence-electron chi connectivity index (χ3n) is 7.56. The maximum absolute atomic E-state index is 13.5. The van der Waals surface area contributed by atoms with E-state index in [2.05, 4.69) is 19.6 Å². The van der Waals surface area contributed by atoms with E-state index in [1.165, 1.54) is 14.2 Å². The van der Waals surface area contributed by atoms with E-state index in [1.807, 2.05) is 6.08 Å². The van der Waals surface area contributed by atoms with Crippen molar-refractivity contribution in [3.8, 4) is 11.5 Å². The minimum atomic E-state index is -3.65. The molecule has 1 aliphatic heterocycles. The first kappa shape index (κ1) is 41.9. The highest BCUT2D eigenvalue weighted by molar-refractivity contribution is 7.86. The Labute approximate surface area is 303 Å². The predicted octanol–water partition coefficient (Wildman–Crippen LogP) is 6.63. The summed E-state index contributed by atoms with van der Waals surface area (Å²) < 4.78 is 68.9. The largest absolute Gasteiger partial charge is 0.497 e. The van der Waals surface area contributed by atoms with Crippen LogP contribution in [0.1, 0.15) is 59.9 Å². The zero-order chi connectivity index (χ0) is 37.8. The smallest absolute Gasteiger partial charge is 0.342 e.